The summed E-state index contributed by atoms with van der Waals surface area (Å²) >= 11 is 1.85. The molecule has 2 nitrogen and oxygen atoms in total. The summed E-state index contributed by atoms with van der Waals surface area (Å²) in [5, 5.41) is 1.16. The van der Waals surface area contributed by atoms with E-state index in [1.165, 1.54) is 29.0 Å². The SMILES string of the molecule is COc1ccc(-c2nc(C)sc2C2CC2)cc1. The number of hydrogen-bond donors (Lipinski definition) is 0. The van der Waals surface area contributed by atoms with Gasteiger partial charge in [-0.2, -0.15) is 0 Å². The van der Waals surface area contributed by atoms with Crippen LogP contribution in [0.15, 0.2) is 24.3 Å². The topological polar surface area (TPSA) is 22.1 Å². The molecule has 0 saturated heterocycles. The van der Waals surface area contributed by atoms with Crippen LogP contribution >= 0.6 is 11.3 Å². The fourth-order valence-electron chi connectivity index (χ4n) is 2.02. The molecule has 1 fully saturated rings. The Morgan fingerprint density at radius 2 is 1.94 bits per heavy atom. The Labute approximate surface area is 105 Å². The highest BCUT2D eigenvalue weighted by Crippen LogP contribution is 2.47. The molecule has 0 atom stereocenters. The molecule has 1 heterocycles. The van der Waals surface area contributed by atoms with Crippen LogP contribution in [0.1, 0.15) is 28.6 Å². The highest BCUT2D eigenvalue weighted by Gasteiger charge is 2.29. The first-order valence-corrected chi connectivity index (χ1v) is 6.71. The van der Waals surface area contributed by atoms with Crippen molar-refractivity contribution in [1.82, 2.24) is 4.98 Å². The molecule has 0 aliphatic heterocycles. The zero-order valence-corrected chi connectivity index (χ0v) is 10.9. The van der Waals surface area contributed by atoms with Crippen LogP contribution in [0.5, 0.6) is 5.75 Å². The number of hydrogen-bond acceptors (Lipinski definition) is 3. The van der Waals surface area contributed by atoms with Crippen molar-refractivity contribution in [2.45, 2.75) is 25.7 Å². The van der Waals surface area contributed by atoms with Gasteiger partial charge in [0, 0.05) is 10.4 Å². The summed E-state index contributed by atoms with van der Waals surface area (Å²) in [6.07, 6.45) is 2.65. The lowest BCUT2D eigenvalue weighted by Crippen LogP contribution is -1.85. The first kappa shape index (κ1) is 10.8. The van der Waals surface area contributed by atoms with Gasteiger partial charge in [-0.3, -0.25) is 0 Å². The first-order valence-electron chi connectivity index (χ1n) is 5.89. The van der Waals surface area contributed by atoms with Gasteiger partial charge in [0.05, 0.1) is 17.8 Å². The Bertz CT molecular complexity index is 526. The maximum atomic E-state index is 5.18. The summed E-state index contributed by atoms with van der Waals surface area (Å²) in [5.74, 6) is 1.66. The number of aryl methyl sites for hydroxylation is 1. The van der Waals surface area contributed by atoms with Crippen molar-refractivity contribution < 1.29 is 4.74 Å². The normalized spacial score (nSPS) is 14.9. The molecule has 3 heteroatoms. The van der Waals surface area contributed by atoms with Crippen LogP contribution in [0.25, 0.3) is 11.3 Å². The van der Waals surface area contributed by atoms with Crippen molar-refractivity contribution in [1.29, 1.82) is 0 Å². The molecule has 1 aliphatic carbocycles. The highest BCUT2D eigenvalue weighted by molar-refractivity contribution is 7.12. The van der Waals surface area contributed by atoms with E-state index < -0.39 is 0 Å². The molecule has 1 aromatic carbocycles. The van der Waals surface area contributed by atoms with Gasteiger partial charge < -0.3 is 4.74 Å². The van der Waals surface area contributed by atoms with Gasteiger partial charge in [-0.05, 0) is 49.9 Å². The lowest BCUT2D eigenvalue weighted by molar-refractivity contribution is 0.415. The van der Waals surface area contributed by atoms with Gasteiger partial charge in [0.1, 0.15) is 5.75 Å². The summed E-state index contributed by atoms with van der Waals surface area (Å²) in [7, 11) is 1.69. The molecule has 3 rings (SSSR count). The molecule has 0 unspecified atom stereocenters. The van der Waals surface area contributed by atoms with Crippen LogP contribution in [-0.4, -0.2) is 12.1 Å². The van der Waals surface area contributed by atoms with Gasteiger partial charge in [-0.15, -0.1) is 11.3 Å². The number of thiazole rings is 1. The van der Waals surface area contributed by atoms with Crippen molar-refractivity contribution >= 4 is 11.3 Å². The molecule has 1 aromatic heterocycles. The standard InChI is InChI=1S/C14H15NOS/c1-9-15-13(14(17-9)11-3-4-11)10-5-7-12(16-2)8-6-10/h5-8,11H,3-4H2,1-2H3. The fraction of sp³-hybridized carbons (Fsp3) is 0.357. The van der Waals surface area contributed by atoms with Crippen molar-refractivity contribution in [3.05, 3.63) is 34.2 Å². The van der Waals surface area contributed by atoms with Crippen LogP contribution in [0.4, 0.5) is 0 Å². The highest BCUT2D eigenvalue weighted by atomic mass is 32.1. The minimum Gasteiger partial charge on any atom is -0.497 e. The second-order valence-corrected chi connectivity index (χ2v) is 5.68. The molecule has 2 aromatic rings. The van der Waals surface area contributed by atoms with Gasteiger partial charge in [0.2, 0.25) is 0 Å². The van der Waals surface area contributed by atoms with Crippen LogP contribution in [0, 0.1) is 6.92 Å². The molecule has 0 radical (unpaired) electrons. The van der Waals surface area contributed by atoms with Crippen LogP contribution < -0.4 is 4.74 Å². The number of methoxy groups -OCH3 is 1. The summed E-state index contributed by atoms with van der Waals surface area (Å²) in [6, 6.07) is 8.19. The van der Waals surface area contributed by atoms with Crippen molar-refractivity contribution in [2.75, 3.05) is 7.11 Å². The third kappa shape index (κ3) is 2.07. The zero-order chi connectivity index (χ0) is 11.8. The molecule has 88 valence electrons. The van der Waals surface area contributed by atoms with Crippen molar-refractivity contribution in [2.24, 2.45) is 0 Å². The minimum atomic E-state index is 0.762. The van der Waals surface area contributed by atoms with Crippen LogP contribution in [-0.2, 0) is 0 Å². The average molecular weight is 245 g/mol. The van der Waals surface area contributed by atoms with Crippen LogP contribution in [0.3, 0.4) is 0 Å². The zero-order valence-electron chi connectivity index (χ0n) is 10.1. The Kier molecular flexibility index (Phi) is 2.63. The maximum absolute atomic E-state index is 5.18. The summed E-state index contributed by atoms with van der Waals surface area (Å²) in [5.41, 5.74) is 2.38. The molecular weight excluding hydrogens is 230 g/mol. The predicted octanol–water partition coefficient (Wildman–Crippen LogP) is 4.00. The average Bonchev–Trinajstić information content (AvgIpc) is 3.13. The van der Waals surface area contributed by atoms with E-state index in [1.807, 2.05) is 23.5 Å². The van der Waals surface area contributed by atoms with Gasteiger partial charge >= 0.3 is 0 Å². The molecule has 0 bridgehead atoms. The van der Waals surface area contributed by atoms with Gasteiger partial charge in [0.25, 0.3) is 0 Å². The molecule has 17 heavy (non-hydrogen) atoms. The van der Waals surface area contributed by atoms with E-state index in [0.717, 1.165) is 16.7 Å². The predicted molar refractivity (Wildman–Crippen MR) is 70.8 cm³/mol. The van der Waals surface area contributed by atoms with Crippen molar-refractivity contribution in [3.63, 3.8) is 0 Å². The van der Waals surface area contributed by atoms with Gasteiger partial charge in [-0.25, -0.2) is 4.98 Å². The first-order chi connectivity index (χ1) is 8.28. The number of ether oxygens (including phenoxy) is 1. The molecule has 1 aliphatic rings. The molecule has 0 N–H and O–H groups in total. The second kappa shape index (κ2) is 4.15. The van der Waals surface area contributed by atoms with E-state index in [1.54, 1.807) is 7.11 Å². The Hall–Kier alpha value is -1.35. The van der Waals surface area contributed by atoms with E-state index in [2.05, 4.69) is 24.0 Å². The summed E-state index contributed by atoms with van der Waals surface area (Å²) in [4.78, 5) is 6.14. The van der Waals surface area contributed by atoms with E-state index in [4.69, 9.17) is 4.74 Å². The quantitative estimate of drug-likeness (QED) is 0.815. The monoisotopic (exact) mass is 245 g/mol. The second-order valence-electron chi connectivity index (χ2n) is 4.45. The Balaban J connectivity index is 2.01. The third-order valence-electron chi connectivity index (χ3n) is 3.07. The summed E-state index contributed by atoms with van der Waals surface area (Å²) in [6.45, 7) is 2.09. The third-order valence-corrected chi connectivity index (χ3v) is 4.21. The van der Waals surface area contributed by atoms with E-state index in [0.29, 0.717) is 0 Å². The van der Waals surface area contributed by atoms with E-state index in [9.17, 15) is 0 Å². The number of benzene rings is 1. The Morgan fingerprint density at radius 1 is 1.24 bits per heavy atom. The lowest BCUT2D eigenvalue weighted by atomic mass is 10.1. The van der Waals surface area contributed by atoms with Gasteiger partial charge in [-0.1, -0.05) is 0 Å². The molecule has 0 spiro atoms. The van der Waals surface area contributed by atoms with E-state index in [-0.39, 0.29) is 0 Å². The fourth-order valence-corrected chi connectivity index (χ4v) is 3.14. The molecule has 1 saturated carbocycles. The maximum Gasteiger partial charge on any atom is 0.118 e. The minimum absolute atomic E-state index is 0.762. The lowest BCUT2D eigenvalue weighted by Gasteiger charge is -2.03. The number of aromatic nitrogens is 1. The van der Waals surface area contributed by atoms with Gasteiger partial charge in [0.15, 0.2) is 0 Å². The molecular formula is C14H15NOS. The molecule has 0 amide bonds. The smallest absolute Gasteiger partial charge is 0.118 e. The largest absolute Gasteiger partial charge is 0.497 e. The van der Waals surface area contributed by atoms with Crippen molar-refractivity contribution in [3.8, 4) is 17.0 Å². The Morgan fingerprint density at radius 3 is 2.53 bits per heavy atom. The number of rotatable bonds is 3. The van der Waals surface area contributed by atoms with E-state index >= 15 is 0 Å². The van der Waals surface area contributed by atoms with Crippen LogP contribution in [0.2, 0.25) is 0 Å². The number of nitrogens with zero attached hydrogens (tertiary/aromatic N) is 1. The summed E-state index contributed by atoms with van der Waals surface area (Å²) < 4.78 is 5.18.